The van der Waals surface area contributed by atoms with Crippen molar-refractivity contribution in [3.05, 3.63) is 34.3 Å². The van der Waals surface area contributed by atoms with Gasteiger partial charge in [0, 0.05) is 17.1 Å². The van der Waals surface area contributed by atoms with Crippen LogP contribution in [0.1, 0.15) is 31.4 Å². The van der Waals surface area contributed by atoms with Crippen LogP contribution in [0.25, 0.3) is 0 Å². The van der Waals surface area contributed by atoms with E-state index in [4.69, 9.17) is 4.74 Å². The first kappa shape index (κ1) is 15.8. The fraction of sp³-hybridized carbons (Fsp3) is 0.571. The fourth-order valence-corrected chi connectivity index (χ4v) is 2.07. The van der Waals surface area contributed by atoms with Gasteiger partial charge in [-0.3, -0.25) is 0 Å². The van der Waals surface area contributed by atoms with Crippen molar-refractivity contribution in [2.75, 3.05) is 6.54 Å². The van der Waals surface area contributed by atoms with Gasteiger partial charge in [0.15, 0.2) is 6.10 Å². The third-order valence-corrected chi connectivity index (χ3v) is 3.77. The van der Waals surface area contributed by atoms with Crippen LogP contribution in [0.4, 0.5) is 13.2 Å². The van der Waals surface area contributed by atoms with Gasteiger partial charge in [0.25, 0.3) is 0 Å². The fourth-order valence-electron chi connectivity index (χ4n) is 1.81. The highest BCUT2D eigenvalue weighted by Crippen LogP contribution is 2.29. The van der Waals surface area contributed by atoms with Gasteiger partial charge in [-0.2, -0.15) is 13.2 Å². The van der Waals surface area contributed by atoms with Gasteiger partial charge < -0.3 is 10.1 Å². The molecule has 1 aliphatic rings. The third-order valence-electron chi connectivity index (χ3n) is 3.24. The number of ether oxygens (including phenoxy) is 1. The molecule has 0 amide bonds. The van der Waals surface area contributed by atoms with Crippen LogP contribution in [0, 0.1) is 0 Å². The highest BCUT2D eigenvalue weighted by atomic mass is 79.9. The molecule has 6 heteroatoms. The molecule has 0 radical (unpaired) electrons. The van der Waals surface area contributed by atoms with Crippen LogP contribution in [0.3, 0.4) is 0 Å². The summed E-state index contributed by atoms with van der Waals surface area (Å²) in [7, 11) is 0. The zero-order valence-corrected chi connectivity index (χ0v) is 12.7. The maximum absolute atomic E-state index is 12.6. The smallest absolute Gasteiger partial charge is 0.360 e. The van der Waals surface area contributed by atoms with E-state index < -0.39 is 18.4 Å². The zero-order valence-electron chi connectivity index (χ0n) is 11.1. The van der Waals surface area contributed by atoms with E-state index in [2.05, 4.69) is 21.2 Å². The van der Waals surface area contributed by atoms with E-state index in [1.807, 2.05) is 0 Å². The Morgan fingerprint density at radius 3 is 2.40 bits per heavy atom. The molecule has 1 aliphatic carbocycles. The van der Waals surface area contributed by atoms with Crippen LogP contribution in [0.2, 0.25) is 0 Å². The molecule has 0 heterocycles. The number of alkyl halides is 3. The largest absolute Gasteiger partial charge is 0.414 e. The molecule has 2 unspecified atom stereocenters. The monoisotopic (exact) mass is 351 g/mol. The lowest BCUT2D eigenvalue weighted by molar-refractivity contribution is -0.227. The van der Waals surface area contributed by atoms with Crippen LogP contribution in [0.5, 0.6) is 0 Å². The van der Waals surface area contributed by atoms with Gasteiger partial charge in [-0.25, -0.2) is 0 Å². The Morgan fingerprint density at radius 1 is 1.30 bits per heavy atom. The topological polar surface area (TPSA) is 21.3 Å². The van der Waals surface area contributed by atoms with Gasteiger partial charge >= 0.3 is 6.18 Å². The SMILES string of the molecule is CC(OC(CNC1CC1)c1ccc(Br)cc1)C(F)(F)F. The lowest BCUT2D eigenvalue weighted by Gasteiger charge is -2.25. The molecule has 1 saturated carbocycles. The Kier molecular flexibility index (Phi) is 5.09. The van der Waals surface area contributed by atoms with E-state index in [0.29, 0.717) is 12.6 Å². The average Bonchev–Trinajstić information content (AvgIpc) is 3.18. The first-order valence-electron chi connectivity index (χ1n) is 6.57. The molecule has 2 atom stereocenters. The second-order valence-corrected chi connectivity index (χ2v) is 5.96. The summed E-state index contributed by atoms with van der Waals surface area (Å²) in [4.78, 5) is 0. The van der Waals surface area contributed by atoms with Crippen LogP contribution in [-0.4, -0.2) is 24.9 Å². The Balaban J connectivity index is 2.04. The lowest BCUT2D eigenvalue weighted by Crippen LogP contribution is -2.34. The van der Waals surface area contributed by atoms with Gasteiger partial charge in [-0.1, -0.05) is 28.1 Å². The van der Waals surface area contributed by atoms with Gasteiger partial charge in [0.1, 0.15) is 0 Å². The van der Waals surface area contributed by atoms with Gasteiger partial charge in [0.05, 0.1) is 6.10 Å². The van der Waals surface area contributed by atoms with E-state index in [-0.39, 0.29) is 0 Å². The molecule has 0 aromatic heterocycles. The maximum Gasteiger partial charge on any atom is 0.414 e. The van der Waals surface area contributed by atoms with E-state index in [1.54, 1.807) is 24.3 Å². The molecule has 112 valence electrons. The summed E-state index contributed by atoms with van der Waals surface area (Å²) in [6.45, 7) is 1.44. The Bertz CT molecular complexity index is 431. The molecule has 20 heavy (non-hydrogen) atoms. The molecule has 0 aliphatic heterocycles. The second kappa shape index (κ2) is 6.45. The third kappa shape index (κ3) is 4.75. The summed E-state index contributed by atoms with van der Waals surface area (Å²) in [6, 6.07) is 7.61. The quantitative estimate of drug-likeness (QED) is 0.828. The van der Waals surface area contributed by atoms with Crippen molar-refractivity contribution in [1.29, 1.82) is 0 Å². The van der Waals surface area contributed by atoms with E-state index >= 15 is 0 Å². The predicted molar refractivity (Wildman–Crippen MR) is 74.5 cm³/mol. The molecular weight excluding hydrogens is 335 g/mol. The molecule has 1 aromatic carbocycles. The minimum Gasteiger partial charge on any atom is -0.360 e. The minimum absolute atomic E-state index is 0.396. The van der Waals surface area contributed by atoms with Gasteiger partial charge in [-0.05, 0) is 37.5 Å². The highest BCUT2D eigenvalue weighted by Gasteiger charge is 2.39. The number of hydrogen-bond acceptors (Lipinski definition) is 2. The van der Waals surface area contributed by atoms with Crippen molar-refractivity contribution in [1.82, 2.24) is 5.32 Å². The number of halogens is 4. The summed E-state index contributed by atoms with van der Waals surface area (Å²) < 4.78 is 44.0. The lowest BCUT2D eigenvalue weighted by atomic mass is 10.1. The predicted octanol–water partition coefficient (Wildman–Crippen LogP) is 4.21. The van der Waals surface area contributed by atoms with Crippen LogP contribution >= 0.6 is 15.9 Å². The Labute approximate surface area is 124 Å². The number of rotatable bonds is 6. The molecule has 0 bridgehead atoms. The summed E-state index contributed by atoms with van der Waals surface area (Å²) in [5.74, 6) is 0. The summed E-state index contributed by atoms with van der Waals surface area (Å²) in [6.07, 6.45) is -4.55. The Hall–Kier alpha value is -0.590. The maximum atomic E-state index is 12.6. The molecule has 0 spiro atoms. The van der Waals surface area contributed by atoms with Crippen LogP contribution in [0.15, 0.2) is 28.7 Å². The van der Waals surface area contributed by atoms with Gasteiger partial charge in [-0.15, -0.1) is 0 Å². The van der Waals surface area contributed by atoms with Crippen molar-refractivity contribution in [3.63, 3.8) is 0 Å². The van der Waals surface area contributed by atoms with E-state index in [9.17, 15) is 13.2 Å². The van der Waals surface area contributed by atoms with Crippen molar-refractivity contribution in [2.45, 2.75) is 44.2 Å². The summed E-state index contributed by atoms with van der Waals surface area (Å²) >= 11 is 3.31. The number of benzene rings is 1. The van der Waals surface area contributed by atoms with Crippen molar-refractivity contribution in [3.8, 4) is 0 Å². The highest BCUT2D eigenvalue weighted by molar-refractivity contribution is 9.10. The van der Waals surface area contributed by atoms with E-state index in [0.717, 1.165) is 29.8 Å². The molecule has 1 N–H and O–H groups in total. The molecular formula is C14H17BrF3NO. The zero-order chi connectivity index (χ0) is 14.8. The van der Waals surface area contributed by atoms with E-state index in [1.165, 1.54) is 0 Å². The van der Waals surface area contributed by atoms with Gasteiger partial charge in [0.2, 0.25) is 0 Å². The summed E-state index contributed by atoms with van der Waals surface area (Å²) in [5, 5.41) is 3.22. The second-order valence-electron chi connectivity index (χ2n) is 5.04. The first-order valence-corrected chi connectivity index (χ1v) is 7.36. The van der Waals surface area contributed by atoms with Crippen LogP contribution in [-0.2, 0) is 4.74 Å². The number of nitrogens with one attached hydrogen (secondary N) is 1. The molecule has 2 rings (SSSR count). The summed E-state index contributed by atoms with van der Waals surface area (Å²) in [5.41, 5.74) is 0.748. The molecule has 1 aromatic rings. The van der Waals surface area contributed by atoms with Crippen molar-refractivity contribution < 1.29 is 17.9 Å². The van der Waals surface area contributed by atoms with Crippen molar-refractivity contribution in [2.24, 2.45) is 0 Å². The standard InChI is InChI=1S/C14H17BrF3NO/c1-9(14(16,17)18)20-13(8-19-12-6-7-12)10-2-4-11(15)5-3-10/h2-5,9,12-13,19H,6-8H2,1H3. The molecule has 2 nitrogen and oxygen atoms in total. The van der Waals surface area contributed by atoms with Crippen molar-refractivity contribution >= 4 is 15.9 Å². The Morgan fingerprint density at radius 2 is 1.90 bits per heavy atom. The first-order chi connectivity index (χ1) is 9.36. The number of hydrogen-bond donors (Lipinski definition) is 1. The molecule has 0 saturated heterocycles. The average molecular weight is 352 g/mol. The van der Waals surface area contributed by atoms with Crippen LogP contribution < -0.4 is 5.32 Å². The minimum atomic E-state index is -4.34. The molecule has 1 fully saturated rings. The normalized spacial score (nSPS) is 18.9.